The zero-order valence-electron chi connectivity index (χ0n) is 11.2. The van der Waals surface area contributed by atoms with Crippen molar-refractivity contribution in [3.05, 3.63) is 35.9 Å². The molecule has 5 nitrogen and oxygen atoms in total. The lowest BCUT2D eigenvalue weighted by molar-refractivity contribution is -0.142. The van der Waals surface area contributed by atoms with Crippen LogP contribution >= 0.6 is 0 Å². The molecule has 1 aromatic rings. The van der Waals surface area contributed by atoms with E-state index in [1.807, 2.05) is 36.4 Å². The Morgan fingerprint density at radius 3 is 2.55 bits per heavy atom. The van der Waals surface area contributed by atoms with E-state index in [9.17, 15) is 9.59 Å². The summed E-state index contributed by atoms with van der Waals surface area (Å²) in [4.78, 5) is 22.9. The Kier molecular flexibility index (Phi) is 6.83. The first-order valence-corrected chi connectivity index (χ1v) is 6.56. The quantitative estimate of drug-likeness (QED) is 0.708. The molecule has 20 heavy (non-hydrogen) atoms. The van der Waals surface area contributed by atoms with Gasteiger partial charge < -0.3 is 10.4 Å². The smallest absolute Gasteiger partial charge is 0.326 e. The van der Waals surface area contributed by atoms with Gasteiger partial charge in [0.05, 0.1) is 12.5 Å². The molecule has 1 rings (SSSR count). The summed E-state index contributed by atoms with van der Waals surface area (Å²) in [6.07, 6.45) is 2.18. The number of rotatable bonds is 8. The lowest BCUT2D eigenvalue weighted by Gasteiger charge is -2.14. The molecule has 0 saturated carbocycles. The molecule has 0 fully saturated rings. The van der Waals surface area contributed by atoms with E-state index in [0.29, 0.717) is 25.7 Å². The predicted octanol–water partition coefficient (Wildman–Crippen LogP) is 1.88. The van der Waals surface area contributed by atoms with Gasteiger partial charge in [-0.15, -0.1) is 0 Å². The molecule has 0 bridgehead atoms. The number of carbonyl (C=O) groups is 2. The van der Waals surface area contributed by atoms with Gasteiger partial charge in [-0.3, -0.25) is 4.79 Å². The van der Waals surface area contributed by atoms with E-state index in [-0.39, 0.29) is 12.3 Å². The van der Waals surface area contributed by atoms with Gasteiger partial charge in [0.2, 0.25) is 5.91 Å². The number of nitriles is 1. The number of aliphatic carboxylic acids is 1. The van der Waals surface area contributed by atoms with Gasteiger partial charge >= 0.3 is 5.97 Å². The zero-order valence-corrected chi connectivity index (χ0v) is 11.2. The molecule has 0 unspecified atom stereocenters. The molecule has 1 atom stereocenters. The van der Waals surface area contributed by atoms with E-state index in [0.717, 1.165) is 5.56 Å². The molecule has 0 aliphatic rings. The van der Waals surface area contributed by atoms with Crippen LogP contribution in [0.3, 0.4) is 0 Å². The number of nitrogens with one attached hydrogen (secondary N) is 1. The highest BCUT2D eigenvalue weighted by atomic mass is 16.4. The minimum Gasteiger partial charge on any atom is -0.480 e. The van der Waals surface area contributed by atoms with Crippen LogP contribution in [0.1, 0.15) is 31.2 Å². The number of unbranched alkanes of at least 4 members (excludes halogenated alkanes) is 2. The molecule has 0 radical (unpaired) electrons. The monoisotopic (exact) mass is 274 g/mol. The van der Waals surface area contributed by atoms with Gasteiger partial charge in [0.1, 0.15) is 6.04 Å². The first-order valence-electron chi connectivity index (χ1n) is 6.56. The van der Waals surface area contributed by atoms with Gasteiger partial charge in [-0.2, -0.15) is 5.26 Å². The van der Waals surface area contributed by atoms with Crippen LogP contribution < -0.4 is 5.32 Å². The summed E-state index contributed by atoms with van der Waals surface area (Å²) in [5, 5.41) is 20.0. The molecule has 0 aliphatic heterocycles. The number of carboxylic acids is 1. The number of carbonyl (C=O) groups excluding carboxylic acids is 1. The molecule has 1 amide bonds. The third-order valence-corrected chi connectivity index (χ3v) is 2.87. The Bertz CT molecular complexity index is 480. The van der Waals surface area contributed by atoms with Crippen molar-refractivity contribution in [1.29, 1.82) is 5.26 Å². The summed E-state index contributed by atoms with van der Waals surface area (Å²) in [5.41, 5.74) is 0.846. The first-order chi connectivity index (χ1) is 9.63. The number of amides is 1. The summed E-state index contributed by atoms with van der Waals surface area (Å²) >= 11 is 0. The second-order valence-electron chi connectivity index (χ2n) is 4.52. The highest BCUT2D eigenvalue weighted by molar-refractivity contribution is 5.84. The van der Waals surface area contributed by atoms with E-state index >= 15 is 0 Å². The van der Waals surface area contributed by atoms with Gasteiger partial charge in [0.15, 0.2) is 0 Å². The van der Waals surface area contributed by atoms with Crippen LogP contribution in [0.25, 0.3) is 0 Å². The lowest BCUT2D eigenvalue weighted by Crippen LogP contribution is -2.41. The molecule has 0 aliphatic carbocycles. The minimum atomic E-state index is -1.04. The number of hydrogen-bond donors (Lipinski definition) is 2. The molecule has 0 heterocycles. The lowest BCUT2D eigenvalue weighted by atomic mass is 10.1. The van der Waals surface area contributed by atoms with Gasteiger partial charge in [0, 0.05) is 6.42 Å². The highest BCUT2D eigenvalue weighted by Gasteiger charge is 2.19. The van der Waals surface area contributed by atoms with Crippen molar-refractivity contribution >= 4 is 11.9 Å². The van der Waals surface area contributed by atoms with Crippen LogP contribution in [0.15, 0.2) is 30.3 Å². The topological polar surface area (TPSA) is 90.2 Å². The van der Waals surface area contributed by atoms with Crippen molar-refractivity contribution in [2.24, 2.45) is 0 Å². The second-order valence-corrected chi connectivity index (χ2v) is 4.52. The molecular weight excluding hydrogens is 256 g/mol. The average Bonchev–Trinajstić information content (AvgIpc) is 2.43. The number of hydrogen-bond acceptors (Lipinski definition) is 3. The standard InChI is InChI=1S/C15H18N2O3/c16-10-6-2-5-9-13(15(19)20)17-14(18)11-12-7-3-1-4-8-12/h1,3-4,7-8,13H,2,5-6,9,11H2,(H,17,18)(H,19,20)/t13-/m1/s1. The first kappa shape index (κ1) is 15.7. The van der Waals surface area contributed by atoms with Crippen molar-refractivity contribution in [1.82, 2.24) is 5.32 Å². The van der Waals surface area contributed by atoms with Crippen LogP contribution in [0.5, 0.6) is 0 Å². The Morgan fingerprint density at radius 1 is 1.25 bits per heavy atom. The maximum absolute atomic E-state index is 11.8. The molecule has 0 saturated heterocycles. The van der Waals surface area contributed by atoms with Crippen molar-refractivity contribution in [3.8, 4) is 6.07 Å². The Morgan fingerprint density at radius 2 is 1.95 bits per heavy atom. The van der Waals surface area contributed by atoms with Crippen molar-refractivity contribution in [3.63, 3.8) is 0 Å². The van der Waals surface area contributed by atoms with Crippen molar-refractivity contribution in [2.45, 2.75) is 38.1 Å². The molecular formula is C15H18N2O3. The van der Waals surface area contributed by atoms with E-state index < -0.39 is 12.0 Å². The summed E-state index contributed by atoms with van der Waals surface area (Å²) in [5.74, 6) is -1.34. The average molecular weight is 274 g/mol. The number of benzene rings is 1. The van der Waals surface area contributed by atoms with E-state index in [1.54, 1.807) is 0 Å². The fourth-order valence-corrected chi connectivity index (χ4v) is 1.84. The van der Waals surface area contributed by atoms with E-state index in [2.05, 4.69) is 5.32 Å². The number of nitrogens with zero attached hydrogens (tertiary/aromatic N) is 1. The highest BCUT2D eigenvalue weighted by Crippen LogP contribution is 2.05. The van der Waals surface area contributed by atoms with Crippen molar-refractivity contribution < 1.29 is 14.7 Å². The summed E-state index contributed by atoms with van der Waals surface area (Å²) in [7, 11) is 0. The third kappa shape index (κ3) is 6.01. The molecule has 5 heteroatoms. The summed E-state index contributed by atoms with van der Waals surface area (Å²) in [6, 6.07) is 10.3. The van der Waals surface area contributed by atoms with Gasteiger partial charge in [-0.1, -0.05) is 30.3 Å². The fraction of sp³-hybridized carbons (Fsp3) is 0.400. The Labute approximate surface area is 118 Å². The second kappa shape index (κ2) is 8.70. The Balaban J connectivity index is 2.43. The largest absolute Gasteiger partial charge is 0.480 e. The molecule has 1 aromatic carbocycles. The van der Waals surface area contributed by atoms with Gasteiger partial charge in [-0.05, 0) is 24.8 Å². The normalized spacial score (nSPS) is 11.3. The minimum absolute atomic E-state index is 0.169. The number of carboxylic acid groups (broad SMARTS) is 1. The van der Waals surface area contributed by atoms with Crippen LogP contribution in [0.4, 0.5) is 0 Å². The maximum atomic E-state index is 11.8. The van der Waals surface area contributed by atoms with Gasteiger partial charge in [0.25, 0.3) is 0 Å². The van der Waals surface area contributed by atoms with E-state index in [1.165, 1.54) is 0 Å². The molecule has 0 spiro atoms. The molecule has 0 aromatic heterocycles. The van der Waals surface area contributed by atoms with Crippen molar-refractivity contribution in [2.75, 3.05) is 0 Å². The Hall–Kier alpha value is -2.35. The summed E-state index contributed by atoms with van der Waals surface area (Å²) < 4.78 is 0. The van der Waals surface area contributed by atoms with Crippen LogP contribution in [0, 0.1) is 11.3 Å². The summed E-state index contributed by atoms with van der Waals surface area (Å²) in [6.45, 7) is 0. The zero-order chi connectivity index (χ0) is 14.8. The molecule has 2 N–H and O–H groups in total. The van der Waals surface area contributed by atoms with Gasteiger partial charge in [-0.25, -0.2) is 4.79 Å². The van der Waals surface area contributed by atoms with Crippen LogP contribution in [-0.4, -0.2) is 23.0 Å². The SMILES string of the molecule is N#CCCCC[C@@H](NC(=O)Cc1ccccc1)C(=O)O. The van der Waals surface area contributed by atoms with E-state index in [4.69, 9.17) is 10.4 Å². The maximum Gasteiger partial charge on any atom is 0.326 e. The predicted molar refractivity (Wildman–Crippen MR) is 73.8 cm³/mol. The van der Waals surface area contributed by atoms with Crippen LogP contribution in [0.2, 0.25) is 0 Å². The molecule has 106 valence electrons. The van der Waals surface area contributed by atoms with Crippen LogP contribution in [-0.2, 0) is 16.0 Å². The third-order valence-electron chi connectivity index (χ3n) is 2.87. The fourth-order valence-electron chi connectivity index (χ4n) is 1.84.